The molecule has 5 nitrogen and oxygen atoms in total. The first kappa shape index (κ1) is 22.4. The Kier molecular flexibility index (Phi) is 10.2. The summed E-state index contributed by atoms with van der Waals surface area (Å²) >= 11 is 6.17. The SMILES string of the molecule is CN=C(NCCc1ccc(OC)c(OC)c1)NCc1ccccc1Cl.I. The van der Waals surface area contributed by atoms with Gasteiger partial charge in [-0.1, -0.05) is 35.9 Å². The summed E-state index contributed by atoms with van der Waals surface area (Å²) in [4.78, 5) is 4.23. The maximum atomic E-state index is 6.17. The van der Waals surface area contributed by atoms with Gasteiger partial charge in [0.15, 0.2) is 17.5 Å². The van der Waals surface area contributed by atoms with Crippen LogP contribution >= 0.6 is 35.6 Å². The largest absolute Gasteiger partial charge is 0.493 e. The zero-order chi connectivity index (χ0) is 18.1. The molecule has 0 bridgehead atoms. The predicted molar refractivity (Wildman–Crippen MR) is 118 cm³/mol. The van der Waals surface area contributed by atoms with Crippen LogP contribution in [-0.2, 0) is 13.0 Å². The lowest BCUT2D eigenvalue weighted by molar-refractivity contribution is 0.354. The maximum Gasteiger partial charge on any atom is 0.191 e. The highest BCUT2D eigenvalue weighted by atomic mass is 127. The molecular formula is C19H25ClIN3O2. The van der Waals surface area contributed by atoms with Gasteiger partial charge in [0.25, 0.3) is 0 Å². The Morgan fingerprint density at radius 2 is 1.77 bits per heavy atom. The van der Waals surface area contributed by atoms with E-state index in [0.29, 0.717) is 6.54 Å². The zero-order valence-corrected chi connectivity index (χ0v) is 18.3. The van der Waals surface area contributed by atoms with Crippen LogP contribution in [0.1, 0.15) is 11.1 Å². The van der Waals surface area contributed by atoms with Crippen molar-refractivity contribution in [2.24, 2.45) is 4.99 Å². The molecule has 0 amide bonds. The highest BCUT2D eigenvalue weighted by Gasteiger charge is 2.05. The van der Waals surface area contributed by atoms with Gasteiger partial charge in [-0.3, -0.25) is 4.99 Å². The van der Waals surface area contributed by atoms with E-state index in [-0.39, 0.29) is 24.0 Å². The van der Waals surface area contributed by atoms with Crippen LogP contribution in [0.25, 0.3) is 0 Å². The number of halogens is 2. The first-order valence-electron chi connectivity index (χ1n) is 8.06. The Balaban J connectivity index is 0.00000338. The third-order valence-electron chi connectivity index (χ3n) is 3.78. The van der Waals surface area contributed by atoms with Crippen LogP contribution < -0.4 is 20.1 Å². The summed E-state index contributed by atoms with van der Waals surface area (Å²) in [5, 5.41) is 7.31. The molecule has 0 aromatic heterocycles. The molecule has 0 heterocycles. The third kappa shape index (κ3) is 6.57. The molecule has 0 aliphatic heterocycles. The van der Waals surface area contributed by atoms with Crippen molar-refractivity contribution in [2.45, 2.75) is 13.0 Å². The summed E-state index contributed by atoms with van der Waals surface area (Å²) in [5.41, 5.74) is 2.19. The van der Waals surface area contributed by atoms with Gasteiger partial charge in [-0.05, 0) is 35.7 Å². The van der Waals surface area contributed by atoms with Gasteiger partial charge >= 0.3 is 0 Å². The minimum Gasteiger partial charge on any atom is -0.493 e. The molecule has 0 fully saturated rings. The molecule has 0 aliphatic carbocycles. The van der Waals surface area contributed by atoms with E-state index in [9.17, 15) is 0 Å². The molecule has 0 saturated carbocycles. The second-order valence-corrected chi connectivity index (χ2v) is 5.79. The van der Waals surface area contributed by atoms with Crippen LogP contribution in [0.5, 0.6) is 11.5 Å². The number of benzene rings is 2. The van der Waals surface area contributed by atoms with Crippen LogP contribution in [0.15, 0.2) is 47.5 Å². The summed E-state index contributed by atoms with van der Waals surface area (Å²) in [6.07, 6.45) is 0.840. The fourth-order valence-electron chi connectivity index (χ4n) is 2.40. The number of ether oxygens (including phenoxy) is 2. The van der Waals surface area contributed by atoms with Gasteiger partial charge < -0.3 is 20.1 Å². The molecule has 2 aromatic rings. The molecule has 142 valence electrons. The molecule has 26 heavy (non-hydrogen) atoms. The number of hydrogen-bond acceptors (Lipinski definition) is 3. The van der Waals surface area contributed by atoms with Gasteiger partial charge in [0.1, 0.15) is 0 Å². The molecule has 0 saturated heterocycles. The molecule has 2 N–H and O–H groups in total. The number of aliphatic imine (C=N–C) groups is 1. The molecule has 2 rings (SSSR count). The number of guanidine groups is 1. The van der Waals surface area contributed by atoms with Crippen LogP contribution in [-0.4, -0.2) is 33.8 Å². The predicted octanol–water partition coefficient (Wildman–Crippen LogP) is 3.88. The zero-order valence-electron chi connectivity index (χ0n) is 15.2. The van der Waals surface area contributed by atoms with Gasteiger partial charge in [0.05, 0.1) is 14.2 Å². The molecule has 0 atom stereocenters. The van der Waals surface area contributed by atoms with Crippen molar-refractivity contribution >= 4 is 41.5 Å². The van der Waals surface area contributed by atoms with Gasteiger partial charge in [-0.25, -0.2) is 0 Å². The van der Waals surface area contributed by atoms with E-state index in [1.54, 1.807) is 21.3 Å². The molecule has 2 aromatic carbocycles. The van der Waals surface area contributed by atoms with Crippen molar-refractivity contribution in [1.82, 2.24) is 10.6 Å². The highest BCUT2D eigenvalue weighted by molar-refractivity contribution is 14.0. The second kappa shape index (κ2) is 11.9. The fraction of sp³-hybridized carbons (Fsp3) is 0.316. The first-order valence-corrected chi connectivity index (χ1v) is 8.44. The van der Waals surface area contributed by atoms with Crippen molar-refractivity contribution in [1.29, 1.82) is 0 Å². The van der Waals surface area contributed by atoms with Crippen molar-refractivity contribution in [3.8, 4) is 11.5 Å². The minimum absolute atomic E-state index is 0. The highest BCUT2D eigenvalue weighted by Crippen LogP contribution is 2.27. The fourth-order valence-corrected chi connectivity index (χ4v) is 2.61. The Bertz CT molecular complexity index is 726. The molecule has 0 spiro atoms. The van der Waals surface area contributed by atoms with Gasteiger partial charge in [0.2, 0.25) is 0 Å². The van der Waals surface area contributed by atoms with Crippen molar-refractivity contribution in [2.75, 3.05) is 27.8 Å². The summed E-state index contributed by atoms with van der Waals surface area (Å²) < 4.78 is 10.6. The standard InChI is InChI=1S/C19H24ClN3O2.HI/c1-21-19(23-13-15-6-4-5-7-16(15)20)22-11-10-14-8-9-17(24-2)18(12-14)25-3;/h4-9,12H,10-11,13H2,1-3H3,(H2,21,22,23);1H. The summed E-state index contributed by atoms with van der Waals surface area (Å²) in [5.74, 6) is 2.21. The van der Waals surface area contributed by atoms with Crippen LogP contribution in [0.4, 0.5) is 0 Å². The first-order chi connectivity index (χ1) is 12.2. The molecule has 0 unspecified atom stereocenters. The average molecular weight is 490 g/mol. The number of nitrogens with zero attached hydrogens (tertiary/aromatic N) is 1. The van der Waals surface area contributed by atoms with Gasteiger partial charge in [-0.2, -0.15) is 0 Å². The van der Waals surface area contributed by atoms with E-state index in [1.807, 2.05) is 42.5 Å². The second-order valence-electron chi connectivity index (χ2n) is 5.38. The minimum atomic E-state index is 0. The Morgan fingerprint density at radius 1 is 1.04 bits per heavy atom. The quantitative estimate of drug-likeness (QED) is 0.352. The van der Waals surface area contributed by atoms with Gasteiger partial charge in [-0.15, -0.1) is 24.0 Å². The maximum absolute atomic E-state index is 6.17. The van der Waals surface area contributed by atoms with Crippen molar-refractivity contribution in [3.63, 3.8) is 0 Å². The Hall–Kier alpha value is -1.67. The number of hydrogen-bond donors (Lipinski definition) is 2. The van der Waals surface area contributed by atoms with E-state index in [1.165, 1.54) is 0 Å². The topological polar surface area (TPSA) is 54.9 Å². The molecular weight excluding hydrogens is 465 g/mol. The number of rotatable bonds is 7. The lowest BCUT2D eigenvalue weighted by Crippen LogP contribution is -2.37. The lowest BCUT2D eigenvalue weighted by atomic mass is 10.1. The summed E-state index contributed by atoms with van der Waals surface area (Å²) in [6.45, 7) is 1.37. The molecule has 7 heteroatoms. The van der Waals surface area contributed by atoms with E-state index in [4.69, 9.17) is 21.1 Å². The van der Waals surface area contributed by atoms with Crippen LogP contribution in [0.3, 0.4) is 0 Å². The molecule has 0 aliphatic rings. The Labute approximate surface area is 177 Å². The Morgan fingerprint density at radius 3 is 2.42 bits per heavy atom. The average Bonchev–Trinajstić information content (AvgIpc) is 2.65. The van der Waals surface area contributed by atoms with Crippen LogP contribution in [0.2, 0.25) is 5.02 Å². The van der Waals surface area contributed by atoms with Crippen molar-refractivity contribution in [3.05, 3.63) is 58.6 Å². The number of methoxy groups -OCH3 is 2. The van der Waals surface area contributed by atoms with Crippen LogP contribution in [0, 0.1) is 0 Å². The van der Waals surface area contributed by atoms with Crippen molar-refractivity contribution < 1.29 is 9.47 Å². The third-order valence-corrected chi connectivity index (χ3v) is 4.15. The van der Waals surface area contributed by atoms with Gasteiger partial charge in [0, 0.05) is 25.2 Å². The summed E-state index contributed by atoms with van der Waals surface area (Å²) in [7, 11) is 5.02. The van der Waals surface area contributed by atoms with E-state index in [0.717, 1.165) is 46.6 Å². The smallest absolute Gasteiger partial charge is 0.191 e. The number of nitrogens with one attached hydrogen (secondary N) is 2. The normalized spacial score (nSPS) is 10.7. The van der Waals surface area contributed by atoms with E-state index < -0.39 is 0 Å². The van der Waals surface area contributed by atoms with E-state index in [2.05, 4.69) is 15.6 Å². The molecule has 0 radical (unpaired) electrons. The summed E-state index contributed by atoms with van der Waals surface area (Å²) in [6, 6.07) is 13.7. The monoisotopic (exact) mass is 489 g/mol. The van der Waals surface area contributed by atoms with E-state index >= 15 is 0 Å². The lowest BCUT2D eigenvalue weighted by Gasteiger charge is -2.13.